The van der Waals surface area contributed by atoms with Gasteiger partial charge in [0.15, 0.2) is 0 Å². The summed E-state index contributed by atoms with van der Waals surface area (Å²) in [5.41, 5.74) is 0.862. The van der Waals surface area contributed by atoms with Gasteiger partial charge in [-0.1, -0.05) is 60.8 Å². The molecule has 3 aromatic rings. The first kappa shape index (κ1) is 18.3. The summed E-state index contributed by atoms with van der Waals surface area (Å²) in [7, 11) is 0. The van der Waals surface area contributed by atoms with Gasteiger partial charge in [-0.05, 0) is 35.1 Å². The number of nitrogens with zero attached hydrogens (tertiary/aromatic N) is 4. The number of hydrogen-bond acceptors (Lipinski definition) is 4. The number of halogens is 3. The molecule has 0 radical (unpaired) electrons. The van der Waals surface area contributed by atoms with Gasteiger partial charge in [0.05, 0.1) is 5.92 Å². The summed E-state index contributed by atoms with van der Waals surface area (Å²) in [4.78, 5) is 25.5. The number of benzene rings is 1. The molecule has 0 saturated heterocycles. The molecule has 1 aromatic carbocycles. The Morgan fingerprint density at radius 1 is 1.16 bits per heavy atom. The zero-order chi connectivity index (χ0) is 18.1. The van der Waals surface area contributed by atoms with Crippen LogP contribution < -0.4 is 4.80 Å². The van der Waals surface area contributed by atoms with Crippen LogP contribution in [0.1, 0.15) is 25.3 Å². The van der Waals surface area contributed by atoms with Gasteiger partial charge in [-0.15, -0.1) is 0 Å². The maximum Gasteiger partial charge on any atom is 0.256 e. The third-order valence-electron chi connectivity index (χ3n) is 3.56. The van der Waals surface area contributed by atoms with E-state index in [2.05, 4.69) is 15.0 Å². The molecule has 0 unspecified atom stereocenters. The summed E-state index contributed by atoms with van der Waals surface area (Å²) in [5, 5.41) is 1.21. The molecule has 25 heavy (non-hydrogen) atoms. The highest BCUT2D eigenvalue weighted by atomic mass is 35.5. The lowest BCUT2D eigenvalue weighted by atomic mass is 9.88. The molecule has 1 amide bonds. The Morgan fingerprint density at radius 3 is 2.48 bits per heavy atom. The summed E-state index contributed by atoms with van der Waals surface area (Å²) in [6, 6.07) is 8.71. The number of aromatic nitrogens is 3. The molecular formula is C16H13Cl3N4OS. The minimum absolute atomic E-state index is 0.0654. The van der Waals surface area contributed by atoms with Gasteiger partial charge in [-0.2, -0.15) is 15.0 Å². The van der Waals surface area contributed by atoms with Crippen LogP contribution in [0.25, 0.3) is 5.78 Å². The zero-order valence-corrected chi connectivity index (χ0v) is 16.4. The molecule has 130 valence electrons. The van der Waals surface area contributed by atoms with E-state index in [0.717, 1.165) is 17.1 Å². The fourth-order valence-corrected chi connectivity index (χ4v) is 3.82. The van der Waals surface area contributed by atoms with E-state index >= 15 is 0 Å². The Balaban J connectivity index is 2.02. The molecule has 9 heteroatoms. The molecule has 1 atom stereocenters. The average Bonchev–Trinajstić information content (AvgIpc) is 2.91. The molecular weight excluding hydrogens is 403 g/mol. The second kappa shape index (κ2) is 7.41. The van der Waals surface area contributed by atoms with Crippen molar-refractivity contribution in [3.63, 3.8) is 0 Å². The molecule has 3 rings (SSSR count). The van der Waals surface area contributed by atoms with E-state index in [0.29, 0.717) is 16.0 Å². The summed E-state index contributed by atoms with van der Waals surface area (Å²) >= 11 is 19.0. The Kier molecular flexibility index (Phi) is 5.43. The van der Waals surface area contributed by atoms with Gasteiger partial charge in [0.2, 0.25) is 10.6 Å². The molecule has 2 aromatic heterocycles. The van der Waals surface area contributed by atoms with Crippen LogP contribution in [0.2, 0.25) is 15.3 Å². The molecule has 0 fully saturated rings. The lowest BCUT2D eigenvalue weighted by Crippen LogP contribution is -2.19. The van der Waals surface area contributed by atoms with Gasteiger partial charge in [0.25, 0.3) is 5.91 Å². The first-order chi connectivity index (χ1) is 11.8. The van der Waals surface area contributed by atoms with E-state index < -0.39 is 0 Å². The standard InChI is InChI=1S/C16H13Cl3N4OS/c1-8(2)13(9-3-5-10(17)6-4-9)14(24)21-16-22-15-20-11(18)7-12(19)23(15)25-16/h3-8,13H,1-2H3/t13-/m0/s1. The third kappa shape index (κ3) is 4.03. The van der Waals surface area contributed by atoms with Crippen molar-refractivity contribution in [1.29, 1.82) is 0 Å². The summed E-state index contributed by atoms with van der Waals surface area (Å²) in [6.45, 7) is 3.94. The van der Waals surface area contributed by atoms with Gasteiger partial charge < -0.3 is 0 Å². The molecule has 0 N–H and O–H groups in total. The number of fused-ring (bicyclic) bond motifs is 1. The van der Waals surface area contributed by atoms with Gasteiger partial charge in [-0.25, -0.2) is 3.79 Å². The minimum atomic E-state index is -0.388. The summed E-state index contributed by atoms with van der Waals surface area (Å²) in [6.07, 6.45) is 0. The van der Waals surface area contributed by atoms with Crippen LogP contribution in [-0.2, 0) is 4.79 Å². The molecule has 0 aliphatic rings. The average molecular weight is 416 g/mol. The van der Waals surface area contributed by atoms with Crippen LogP contribution in [0.4, 0.5) is 0 Å². The van der Waals surface area contributed by atoms with Gasteiger partial charge in [-0.3, -0.25) is 4.79 Å². The predicted octanol–water partition coefficient (Wildman–Crippen LogP) is 4.62. The lowest BCUT2D eigenvalue weighted by molar-refractivity contribution is -0.120. The zero-order valence-electron chi connectivity index (χ0n) is 13.3. The maximum atomic E-state index is 12.7. The molecule has 2 heterocycles. The van der Waals surface area contributed by atoms with Gasteiger partial charge in [0.1, 0.15) is 10.3 Å². The highest BCUT2D eigenvalue weighted by molar-refractivity contribution is 7.04. The topological polar surface area (TPSA) is 59.6 Å². The molecule has 0 bridgehead atoms. The smallest absolute Gasteiger partial charge is 0.256 e. The summed E-state index contributed by atoms with van der Waals surface area (Å²) < 4.78 is 1.56. The molecule has 5 nitrogen and oxygen atoms in total. The van der Waals surface area contributed by atoms with E-state index in [1.807, 2.05) is 26.0 Å². The number of amides is 1. The van der Waals surface area contributed by atoms with Crippen LogP contribution in [0.5, 0.6) is 0 Å². The SMILES string of the molecule is CC(C)[C@H](C(=O)N=c1nc2nc(Cl)cc(Cl)n2s1)c1ccc(Cl)cc1. The van der Waals surface area contributed by atoms with Crippen molar-refractivity contribution >= 4 is 58.0 Å². The Hall–Kier alpha value is -1.47. The van der Waals surface area contributed by atoms with E-state index in [9.17, 15) is 4.79 Å². The quantitative estimate of drug-likeness (QED) is 0.587. The second-order valence-corrected chi connectivity index (χ2v) is 7.83. The highest BCUT2D eigenvalue weighted by Gasteiger charge is 2.24. The van der Waals surface area contributed by atoms with E-state index in [1.165, 1.54) is 6.07 Å². The monoisotopic (exact) mass is 414 g/mol. The fourth-order valence-electron chi connectivity index (χ4n) is 2.46. The van der Waals surface area contributed by atoms with Crippen molar-refractivity contribution in [2.24, 2.45) is 10.9 Å². The van der Waals surface area contributed by atoms with E-state index in [1.54, 1.807) is 15.9 Å². The van der Waals surface area contributed by atoms with E-state index in [-0.39, 0.29) is 27.7 Å². The van der Waals surface area contributed by atoms with Gasteiger partial charge in [0, 0.05) is 11.1 Å². The highest BCUT2D eigenvalue weighted by Crippen LogP contribution is 2.27. The van der Waals surface area contributed by atoms with Crippen LogP contribution in [0, 0.1) is 5.92 Å². The second-order valence-electron chi connectivity index (χ2n) is 5.70. The Bertz CT molecular complexity index is 995. The van der Waals surface area contributed by atoms with E-state index in [4.69, 9.17) is 34.8 Å². The number of rotatable bonds is 3. The normalized spacial score (nSPS) is 13.6. The Morgan fingerprint density at radius 2 is 1.84 bits per heavy atom. The van der Waals surface area contributed by atoms with Crippen molar-refractivity contribution in [3.05, 3.63) is 56.0 Å². The lowest BCUT2D eigenvalue weighted by Gasteiger charge is -2.17. The molecule has 0 aliphatic carbocycles. The van der Waals surface area contributed by atoms with Crippen molar-refractivity contribution in [1.82, 2.24) is 13.8 Å². The third-order valence-corrected chi connectivity index (χ3v) is 5.27. The largest absolute Gasteiger partial charge is 0.272 e. The van der Waals surface area contributed by atoms with Crippen LogP contribution in [-0.4, -0.2) is 19.7 Å². The summed E-state index contributed by atoms with van der Waals surface area (Å²) in [5.74, 6) is -0.294. The maximum absolute atomic E-state index is 12.7. The first-order valence-corrected chi connectivity index (χ1v) is 9.32. The van der Waals surface area contributed by atoms with Crippen molar-refractivity contribution in [2.75, 3.05) is 0 Å². The Labute approximate surface area is 163 Å². The first-order valence-electron chi connectivity index (χ1n) is 7.41. The molecule has 0 aliphatic heterocycles. The predicted molar refractivity (Wildman–Crippen MR) is 100 cm³/mol. The van der Waals surface area contributed by atoms with Crippen LogP contribution >= 0.6 is 46.3 Å². The van der Waals surface area contributed by atoms with Gasteiger partial charge >= 0.3 is 0 Å². The number of carbonyl (C=O) groups excluding carboxylic acids is 1. The van der Waals surface area contributed by atoms with Crippen LogP contribution in [0.15, 0.2) is 35.3 Å². The van der Waals surface area contributed by atoms with Crippen molar-refractivity contribution < 1.29 is 4.79 Å². The molecule has 0 spiro atoms. The van der Waals surface area contributed by atoms with Crippen molar-refractivity contribution in [2.45, 2.75) is 19.8 Å². The number of carbonyl (C=O) groups is 1. The van der Waals surface area contributed by atoms with Crippen molar-refractivity contribution in [3.8, 4) is 0 Å². The minimum Gasteiger partial charge on any atom is -0.272 e. The molecule has 0 saturated carbocycles. The fraction of sp³-hybridized carbons (Fsp3) is 0.250. The number of hydrogen-bond donors (Lipinski definition) is 0. The van der Waals surface area contributed by atoms with Crippen LogP contribution in [0.3, 0.4) is 0 Å².